The standard InChI is InChI=1S/C29H25N5O2/c1-36-24-18-16-23(17-19-24)33-27(22-12-6-3-7-13-22)28(34-26-15-9-8-14-25(26)30-31-34)32(29(33)35)20-21-10-4-2-5-11-21/h2-19,27-28H,20H2,1H3/t27-,28-/m1/s1. The quantitative estimate of drug-likeness (QED) is 0.310. The fourth-order valence-electron chi connectivity index (χ4n) is 4.95. The summed E-state index contributed by atoms with van der Waals surface area (Å²) in [6.07, 6.45) is -0.422. The predicted molar refractivity (Wildman–Crippen MR) is 139 cm³/mol. The molecule has 2 atom stereocenters. The van der Waals surface area contributed by atoms with Gasteiger partial charge >= 0.3 is 6.03 Å². The summed E-state index contributed by atoms with van der Waals surface area (Å²) in [6, 6.07) is 35.2. The summed E-state index contributed by atoms with van der Waals surface area (Å²) in [4.78, 5) is 18.0. The van der Waals surface area contributed by atoms with Crippen molar-refractivity contribution in [3.63, 3.8) is 0 Å². The van der Waals surface area contributed by atoms with Gasteiger partial charge in [0.15, 0.2) is 6.17 Å². The summed E-state index contributed by atoms with van der Waals surface area (Å²) in [5.74, 6) is 0.738. The third kappa shape index (κ3) is 3.75. The van der Waals surface area contributed by atoms with Crippen LogP contribution >= 0.6 is 0 Å². The average molecular weight is 476 g/mol. The van der Waals surface area contributed by atoms with Crippen LogP contribution in [0.3, 0.4) is 0 Å². The molecule has 0 saturated carbocycles. The van der Waals surface area contributed by atoms with Crippen molar-refractivity contribution < 1.29 is 9.53 Å². The number of nitrogens with zero attached hydrogens (tertiary/aromatic N) is 5. The van der Waals surface area contributed by atoms with E-state index in [1.165, 1.54) is 0 Å². The fourth-order valence-corrected chi connectivity index (χ4v) is 4.95. The van der Waals surface area contributed by atoms with Crippen molar-refractivity contribution in [1.29, 1.82) is 0 Å². The van der Waals surface area contributed by atoms with Gasteiger partial charge in [0, 0.05) is 12.2 Å². The zero-order valence-corrected chi connectivity index (χ0v) is 19.8. The largest absolute Gasteiger partial charge is 0.497 e. The number of methoxy groups -OCH3 is 1. The van der Waals surface area contributed by atoms with Gasteiger partial charge in [-0.1, -0.05) is 78.0 Å². The van der Waals surface area contributed by atoms with Crippen LogP contribution in [0.5, 0.6) is 5.75 Å². The minimum atomic E-state index is -0.422. The van der Waals surface area contributed by atoms with Gasteiger partial charge in [0.2, 0.25) is 0 Å². The number of amides is 2. The number of hydrogen-bond donors (Lipinski definition) is 0. The number of anilines is 1. The van der Waals surface area contributed by atoms with E-state index in [1.54, 1.807) is 7.11 Å². The second-order valence-electron chi connectivity index (χ2n) is 8.76. The van der Waals surface area contributed by atoms with Crippen molar-refractivity contribution in [2.45, 2.75) is 18.8 Å². The second-order valence-corrected chi connectivity index (χ2v) is 8.76. The number of hydrogen-bond acceptors (Lipinski definition) is 4. The van der Waals surface area contributed by atoms with Gasteiger partial charge < -0.3 is 4.74 Å². The highest BCUT2D eigenvalue weighted by Gasteiger charge is 2.49. The monoisotopic (exact) mass is 475 g/mol. The lowest BCUT2D eigenvalue weighted by atomic mass is 10.0. The van der Waals surface area contributed by atoms with E-state index < -0.39 is 6.17 Å². The summed E-state index contributed by atoms with van der Waals surface area (Å²) in [5, 5.41) is 8.98. The number of carbonyl (C=O) groups excluding carboxylic acids is 1. The van der Waals surface area contributed by atoms with Crippen molar-refractivity contribution in [3.05, 3.63) is 120 Å². The molecule has 178 valence electrons. The van der Waals surface area contributed by atoms with E-state index in [1.807, 2.05) is 112 Å². The molecule has 4 aromatic carbocycles. The molecule has 1 saturated heterocycles. The lowest BCUT2D eigenvalue weighted by Crippen LogP contribution is -2.33. The van der Waals surface area contributed by atoms with E-state index in [-0.39, 0.29) is 12.1 Å². The molecule has 0 N–H and O–H groups in total. The number of ether oxygens (including phenoxy) is 1. The highest BCUT2D eigenvalue weighted by Crippen LogP contribution is 2.46. The molecule has 0 unspecified atom stereocenters. The van der Waals surface area contributed by atoms with Crippen LogP contribution in [0.4, 0.5) is 10.5 Å². The van der Waals surface area contributed by atoms with Gasteiger partial charge in [0.25, 0.3) is 0 Å². The summed E-state index contributed by atoms with van der Waals surface area (Å²) in [5.41, 5.74) is 4.52. The van der Waals surface area contributed by atoms with Crippen molar-refractivity contribution in [2.24, 2.45) is 0 Å². The summed E-state index contributed by atoms with van der Waals surface area (Å²) in [7, 11) is 1.64. The van der Waals surface area contributed by atoms with Gasteiger partial charge in [-0.2, -0.15) is 0 Å². The van der Waals surface area contributed by atoms with Crippen molar-refractivity contribution in [2.75, 3.05) is 12.0 Å². The molecule has 2 heterocycles. The highest BCUT2D eigenvalue weighted by molar-refractivity contribution is 5.96. The molecular weight excluding hydrogens is 450 g/mol. The first kappa shape index (κ1) is 21.9. The molecule has 1 aliphatic heterocycles. The number of benzene rings is 4. The SMILES string of the molecule is COc1ccc(N2C(=O)N(Cc3ccccc3)[C@H](n3nnc4ccccc43)[C@H]2c2ccccc2)cc1. The second kappa shape index (κ2) is 9.19. The average Bonchev–Trinajstić information content (AvgIpc) is 3.48. The maximum absolute atomic E-state index is 14.2. The van der Waals surface area contributed by atoms with Gasteiger partial charge in [-0.15, -0.1) is 5.10 Å². The van der Waals surface area contributed by atoms with E-state index >= 15 is 0 Å². The third-order valence-electron chi connectivity index (χ3n) is 6.65. The van der Waals surface area contributed by atoms with Crippen LogP contribution < -0.4 is 9.64 Å². The summed E-state index contributed by atoms with van der Waals surface area (Å²) < 4.78 is 7.25. The molecule has 1 aromatic heterocycles. The molecular formula is C29H25N5O2. The molecule has 0 bridgehead atoms. The first-order valence-corrected chi connectivity index (χ1v) is 11.9. The van der Waals surface area contributed by atoms with Crippen LogP contribution in [0, 0.1) is 0 Å². The molecule has 7 heteroatoms. The first-order chi connectivity index (χ1) is 17.7. The first-order valence-electron chi connectivity index (χ1n) is 11.9. The number of aromatic nitrogens is 3. The van der Waals surface area contributed by atoms with Gasteiger partial charge in [-0.25, -0.2) is 9.48 Å². The van der Waals surface area contributed by atoms with Crippen molar-refractivity contribution >= 4 is 22.8 Å². The molecule has 0 radical (unpaired) electrons. The van der Waals surface area contributed by atoms with Crippen LogP contribution in [0.15, 0.2) is 109 Å². The Bertz CT molecular complexity index is 1480. The van der Waals surface area contributed by atoms with E-state index in [0.717, 1.165) is 33.6 Å². The predicted octanol–water partition coefficient (Wildman–Crippen LogP) is 5.82. The lowest BCUT2D eigenvalue weighted by molar-refractivity contribution is 0.164. The van der Waals surface area contributed by atoms with Gasteiger partial charge in [0.1, 0.15) is 17.3 Å². The van der Waals surface area contributed by atoms with Crippen molar-refractivity contribution in [1.82, 2.24) is 19.9 Å². The van der Waals surface area contributed by atoms with Crippen molar-refractivity contribution in [3.8, 4) is 5.75 Å². The highest BCUT2D eigenvalue weighted by atomic mass is 16.5. The van der Waals surface area contributed by atoms with E-state index in [2.05, 4.69) is 22.4 Å². The van der Waals surface area contributed by atoms with Crippen LogP contribution in [0.1, 0.15) is 23.3 Å². The third-order valence-corrected chi connectivity index (χ3v) is 6.65. The van der Waals surface area contributed by atoms with E-state index in [0.29, 0.717) is 6.54 Å². The molecule has 1 fully saturated rings. The maximum atomic E-state index is 14.2. The minimum absolute atomic E-state index is 0.0949. The summed E-state index contributed by atoms with van der Waals surface area (Å²) in [6.45, 7) is 0.439. The van der Waals surface area contributed by atoms with Crippen LogP contribution in [0.2, 0.25) is 0 Å². The van der Waals surface area contributed by atoms with E-state index in [9.17, 15) is 4.79 Å². The Balaban J connectivity index is 1.55. The smallest absolute Gasteiger partial charge is 0.327 e. The molecule has 6 rings (SSSR count). The Labute approximate surface area is 209 Å². The van der Waals surface area contributed by atoms with Crippen LogP contribution in [-0.4, -0.2) is 33.0 Å². The molecule has 2 amide bonds. The minimum Gasteiger partial charge on any atom is -0.497 e. The molecule has 36 heavy (non-hydrogen) atoms. The number of para-hydroxylation sites is 1. The normalized spacial score (nSPS) is 17.6. The number of fused-ring (bicyclic) bond motifs is 1. The summed E-state index contributed by atoms with van der Waals surface area (Å²) >= 11 is 0. The zero-order valence-electron chi connectivity index (χ0n) is 19.8. The van der Waals surface area contributed by atoms with Crippen LogP contribution in [0.25, 0.3) is 11.0 Å². The van der Waals surface area contributed by atoms with Gasteiger partial charge in [-0.3, -0.25) is 9.80 Å². The Hall–Kier alpha value is -4.65. The number of urea groups is 1. The molecule has 7 nitrogen and oxygen atoms in total. The fraction of sp³-hybridized carbons (Fsp3) is 0.138. The van der Waals surface area contributed by atoms with Crippen LogP contribution in [-0.2, 0) is 6.54 Å². The molecule has 1 aliphatic rings. The molecule has 0 aliphatic carbocycles. The van der Waals surface area contributed by atoms with Gasteiger partial charge in [-0.05, 0) is 47.5 Å². The van der Waals surface area contributed by atoms with Gasteiger partial charge in [0.05, 0.1) is 12.6 Å². The Kier molecular flexibility index (Phi) is 5.58. The maximum Gasteiger partial charge on any atom is 0.327 e. The molecule has 0 spiro atoms. The Morgan fingerprint density at radius 1 is 0.806 bits per heavy atom. The number of rotatable bonds is 6. The lowest BCUT2D eigenvalue weighted by Gasteiger charge is -2.29. The Morgan fingerprint density at radius 2 is 1.47 bits per heavy atom. The number of carbonyl (C=O) groups is 1. The van der Waals surface area contributed by atoms with E-state index in [4.69, 9.17) is 4.74 Å². The zero-order chi connectivity index (χ0) is 24.5. The topological polar surface area (TPSA) is 63.5 Å². The molecule has 5 aromatic rings. The Morgan fingerprint density at radius 3 is 2.19 bits per heavy atom.